The fraction of sp³-hybridized carbons (Fsp3) is 0.867. The fourth-order valence-electron chi connectivity index (χ4n) is 3.46. The van der Waals surface area contributed by atoms with Crippen LogP contribution in [0.15, 0.2) is 4.42 Å². The van der Waals surface area contributed by atoms with E-state index in [1.165, 1.54) is 19.3 Å². The van der Waals surface area contributed by atoms with E-state index in [2.05, 4.69) is 46.2 Å². The molecule has 0 spiro atoms. The van der Waals surface area contributed by atoms with Crippen LogP contribution in [0, 0.1) is 0 Å². The number of hydrogen-bond donors (Lipinski definition) is 1. The average molecular weight is 293 g/mol. The minimum atomic E-state index is 0.123. The Balaban J connectivity index is 1.66. The number of nitrogens with one attached hydrogen (secondary N) is 1. The molecule has 0 aromatic carbocycles. The first-order valence-corrected chi connectivity index (χ1v) is 8.22. The van der Waals surface area contributed by atoms with Crippen LogP contribution in [0.4, 0.5) is 6.01 Å². The Bertz CT molecular complexity index is 463. The predicted molar refractivity (Wildman–Crippen MR) is 82.4 cm³/mol. The number of fused-ring (bicyclic) bond motifs is 2. The van der Waals surface area contributed by atoms with Crippen LogP contribution in [0.1, 0.15) is 51.5 Å². The molecular weight excluding hydrogens is 266 g/mol. The maximum absolute atomic E-state index is 5.90. The van der Waals surface area contributed by atoms with Crippen LogP contribution in [0.25, 0.3) is 0 Å². The summed E-state index contributed by atoms with van der Waals surface area (Å²) in [6.07, 6.45) is 4.91. The van der Waals surface area contributed by atoms with Crippen molar-refractivity contribution in [3.05, 3.63) is 5.89 Å². The smallest absolute Gasteiger partial charge is 0.318 e. The lowest BCUT2D eigenvalue weighted by molar-refractivity contribution is 0.254. The van der Waals surface area contributed by atoms with Crippen LogP contribution >= 0.6 is 0 Å². The van der Waals surface area contributed by atoms with E-state index >= 15 is 0 Å². The third-order valence-electron chi connectivity index (χ3n) is 4.92. The first kappa shape index (κ1) is 14.8. The van der Waals surface area contributed by atoms with Crippen LogP contribution in [0.3, 0.4) is 0 Å². The molecule has 2 fully saturated rings. The summed E-state index contributed by atoms with van der Waals surface area (Å²) < 4.78 is 5.90. The summed E-state index contributed by atoms with van der Waals surface area (Å²) in [6, 6.07) is 2.17. The predicted octanol–water partition coefficient (Wildman–Crippen LogP) is 1.80. The molecule has 0 radical (unpaired) electrons. The second-order valence-corrected chi connectivity index (χ2v) is 6.38. The molecule has 0 saturated carbocycles. The first-order valence-electron chi connectivity index (χ1n) is 8.22. The third kappa shape index (κ3) is 3.06. The Morgan fingerprint density at radius 3 is 2.90 bits per heavy atom. The van der Waals surface area contributed by atoms with E-state index in [0.29, 0.717) is 17.9 Å². The average Bonchev–Trinajstić information content (AvgIpc) is 3.03. The van der Waals surface area contributed by atoms with Crippen LogP contribution in [0.2, 0.25) is 0 Å². The molecule has 0 amide bonds. The van der Waals surface area contributed by atoms with Gasteiger partial charge in [0.25, 0.3) is 0 Å². The summed E-state index contributed by atoms with van der Waals surface area (Å²) in [7, 11) is 2.25. The molecule has 1 N–H and O–H groups in total. The highest BCUT2D eigenvalue weighted by Crippen LogP contribution is 2.30. The lowest BCUT2D eigenvalue weighted by Crippen LogP contribution is -2.36. The van der Waals surface area contributed by atoms with Gasteiger partial charge in [-0.3, -0.25) is 4.90 Å². The van der Waals surface area contributed by atoms with Crippen molar-refractivity contribution in [2.75, 3.05) is 31.6 Å². The topological polar surface area (TPSA) is 57.4 Å². The number of aromatic nitrogens is 2. The van der Waals surface area contributed by atoms with Gasteiger partial charge in [-0.1, -0.05) is 12.0 Å². The Hall–Kier alpha value is -1.14. The van der Waals surface area contributed by atoms with Crippen molar-refractivity contribution in [2.24, 2.45) is 0 Å². The maximum atomic E-state index is 5.90. The van der Waals surface area contributed by atoms with Gasteiger partial charge in [0, 0.05) is 25.2 Å². The molecule has 6 heteroatoms. The zero-order valence-electron chi connectivity index (χ0n) is 13.4. The van der Waals surface area contributed by atoms with Gasteiger partial charge < -0.3 is 14.6 Å². The van der Waals surface area contributed by atoms with E-state index in [-0.39, 0.29) is 6.04 Å². The van der Waals surface area contributed by atoms with E-state index in [1.807, 2.05) is 0 Å². The lowest BCUT2D eigenvalue weighted by Gasteiger charge is -2.24. The van der Waals surface area contributed by atoms with E-state index < -0.39 is 0 Å². The molecular formula is C15H27N5O. The van der Waals surface area contributed by atoms with E-state index in [0.717, 1.165) is 32.1 Å². The maximum Gasteiger partial charge on any atom is 0.318 e. The van der Waals surface area contributed by atoms with E-state index in [4.69, 9.17) is 4.42 Å². The molecule has 1 aromatic rings. The highest BCUT2D eigenvalue weighted by atomic mass is 16.4. The number of anilines is 1. The highest BCUT2D eigenvalue weighted by Gasteiger charge is 2.36. The Morgan fingerprint density at radius 1 is 1.29 bits per heavy atom. The summed E-state index contributed by atoms with van der Waals surface area (Å²) >= 11 is 0. The SMILES string of the molecule is CCCNC(C)c1nnc(N2CCC3CCC(C2)N3C)o1. The van der Waals surface area contributed by atoms with Gasteiger partial charge in [-0.15, -0.1) is 5.10 Å². The number of hydrogen-bond acceptors (Lipinski definition) is 6. The second kappa shape index (κ2) is 6.32. The van der Waals surface area contributed by atoms with Gasteiger partial charge in [0.1, 0.15) is 0 Å². The Morgan fingerprint density at radius 2 is 2.10 bits per heavy atom. The van der Waals surface area contributed by atoms with Crippen molar-refractivity contribution in [1.29, 1.82) is 0 Å². The molecule has 3 atom stereocenters. The summed E-state index contributed by atoms with van der Waals surface area (Å²) in [5.74, 6) is 0.696. The number of nitrogens with zero attached hydrogens (tertiary/aromatic N) is 4. The minimum absolute atomic E-state index is 0.123. The molecule has 118 valence electrons. The molecule has 21 heavy (non-hydrogen) atoms. The van der Waals surface area contributed by atoms with Crippen molar-refractivity contribution < 1.29 is 4.42 Å². The number of rotatable bonds is 5. The molecule has 3 rings (SSSR count). The standard InChI is InChI=1S/C15H27N5O/c1-4-8-16-11(2)14-17-18-15(21-14)20-9-7-12-5-6-13(10-20)19(12)3/h11-13,16H,4-10H2,1-3H3. The largest absolute Gasteiger partial charge is 0.406 e. The van der Waals surface area contributed by atoms with Gasteiger partial charge in [0.05, 0.1) is 6.04 Å². The van der Waals surface area contributed by atoms with Gasteiger partial charge >= 0.3 is 6.01 Å². The van der Waals surface area contributed by atoms with Crippen molar-refractivity contribution >= 4 is 6.01 Å². The van der Waals surface area contributed by atoms with Gasteiger partial charge in [-0.05, 0) is 46.2 Å². The Labute approximate surface area is 126 Å². The molecule has 2 saturated heterocycles. The van der Waals surface area contributed by atoms with Gasteiger partial charge in [0.2, 0.25) is 5.89 Å². The Kier molecular flexibility index (Phi) is 4.45. The van der Waals surface area contributed by atoms with Gasteiger partial charge in [-0.2, -0.15) is 0 Å². The summed E-state index contributed by atoms with van der Waals surface area (Å²) in [4.78, 5) is 4.80. The monoisotopic (exact) mass is 293 g/mol. The van der Waals surface area contributed by atoms with Crippen LogP contribution in [-0.2, 0) is 0 Å². The fourth-order valence-corrected chi connectivity index (χ4v) is 3.46. The molecule has 1 aromatic heterocycles. The molecule has 6 nitrogen and oxygen atoms in total. The molecule has 2 aliphatic heterocycles. The molecule has 3 unspecified atom stereocenters. The van der Waals surface area contributed by atoms with Crippen LogP contribution < -0.4 is 10.2 Å². The highest BCUT2D eigenvalue weighted by molar-refractivity contribution is 5.26. The van der Waals surface area contributed by atoms with Crippen molar-refractivity contribution in [1.82, 2.24) is 20.4 Å². The summed E-state index contributed by atoms with van der Waals surface area (Å²) in [5.41, 5.74) is 0. The number of likely N-dealkylation sites (N-methyl/N-ethyl adjacent to an activating group) is 1. The first-order chi connectivity index (χ1) is 10.2. The van der Waals surface area contributed by atoms with Gasteiger partial charge in [-0.25, -0.2) is 0 Å². The van der Waals surface area contributed by atoms with Crippen molar-refractivity contribution in [2.45, 2.75) is 57.7 Å². The van der Waals surface area contributed by atoms with Gasteiger partial charge in [0.15, 0.2) is 0 Å². The van der Waals surface area contributed by atoms with Crippen LogP contribution in [-0.4, -0.2) is 53.9 Å². The molecule has 3 heterocycles. The second-order valence-electron chi connectivity index (χ2n) is 6.38. The molecule has 2 bridgehead atoms. The van der Waals surface area contributed by atoms with Crippen molar-refractivity contribution in [3.63, 3.8) is 0 Å². The zero-order chi connectivity index (χ0) is 14.8. The summed E-state index contributed by atoms with van der Waals surface area (Å²) in [5, 5.41) is 11.9. The molecule has 0 aliphatic carbocycles. The minimum Gasteiger partial charge on any atom is -0.406 e. The van der Waals surface area contributed by atoms with E-state index in [9.17, 15) is 0 Å². The summed E-state index contributed by atoms with van der Waals surface area (Å²) in [6.45, 7) is 7.22. The zero-order valence-corrected chi connectivity index (χ0v) is 13.4. The normalized spacial score (nSPS) is 27.9. The quantitative estimate of drug-likeness (QED) is 0.893. The van der Waals surface area contributed by atoms with Crippen LogP contribution in [0.5, 0.6) is 0 Å². The lowest BCUT2D eigenvalue weighted by atomic mass is 10.1. The third-order valence-corrected chi connectivity index (χ3v) is 4.92. The van der Waals surface area contributed by atoms with E-state index in [1.54, 1.807) is 0 Å². The molecule has 2 aliphatic rings. The van der Waals surface area contributed by atoms with Crippen molar-refractivity contribution in [3.8, 4) is 0 Å².